The van der Waals surface area contributed by atoms with E-state index in [0.717, 1.165) is 19.3 Å². The van der Waals surface area contributed by atoms with Gasteiger partial charge in [-0.3, -0.25) is 9.78 Å². The van der Waals surface area contributed by atoms with Crippen LogP contribution in [0.1, 0.15) is 29.8 Å². The van der Waals surface area contributed by atoms with E-state index >= 15 is 0 Å². The molecule has 0 spiro atoms. The third-order valence-corrected chi connectivity index (χ3v) is 2.24. The van der Waals surface area contributed by atoms with Crippen LogP contribution in [0.25, 0.3) is 0 Å². The number of unbranched alkanes of at least 4 members (excludes halogenated alkanes) is 1. The minimum absolute atomic E-state index is 0.143. The monoisotopic (exact) mass is 237 g/mol. The van der Waals surface area contributed by atoms with E-state index in [0.29, 0.717) is 17.2 Å². The van der Waals surface area contributed by atoms with Gasteiger partial charge in [0.15, 0.2) is 0 Å². The van der Waals surface area contributed by atoms with E-state index in [1.165, 1.54) is 0 Å². The summed E-state index contributed by atoms with van der Waals surface area (Å²) < 4.78 is 0. The van der Waals surface area contributed by atoms with Crippen LogP contribution in [0, 0.1) is 0 Å². The molecule has 86 valence electrons. The SMILES string of the molecule is NC(=S)CCCCNC(=O)c1ccccn1. The highest BCUT2D eigenvalue weighted by atomic mass is 32.1. The summed E-state index contributed by atoms with van der Waals surface area (Å²) >= 11 is 4.75. The lowest BCUT2D eigenvalue weighted by atomic mass is 10.2. The van der Waals surface area contributed by atoms with Crippen molar-refractivity contribution in [3.63, 3.8) is 0 Å². The van der Waals surface area contributed by atoms with E-state index in [1.807, 2.05) is 0 Å². The molecule has 1 rings (SSSR count). The number of thiocarbonyl (C=S) groups is 1. The van der Waals surface area contributed by atoms with E-state index in [2.05, 4.69) is 10.3 Å². The number of nitrogens with zero attached hydrogens (tertiary/aromatic N) is 1. The molecule has 1 heterocycles. The highest BCUT2D eigenvalue weighted by molar-refractivity contribution is 7.80. The molecule has 5 heteroatoms. The highest BCUT2D eigenvalue weighted by Crippen LogP contribution is 1.96. The van der Waals surface area contributed by atoms with Crippen molar-refractivity contribution in [3.8, 4) is 0 Å². The summed E-state index contributed by atoms with van der Waals surface area (Å²) in [7, 11) is 0. The molecule has 0 atom stereocenters. The second-order valence-electron chi connectivity index (χ2n) is 3.39. The van der Waals surface area contributed by atoms with Crippen LogP contribution < -0.4 is 11.1 Å². The lowest BCUT2D eigenvalue weighted by Crippen LogP contribution is -2.25. The molecule has 1 aromatic rings. The van der Waals surface area contributed by atoms with Crippen LogP contribution in [-0.2, 0) is 0 Å². The van der Waals surface area contributed by atoms with E-state index in [4.69, 9.17) is 18.0 Å². The number of amides is 1. The first-order chi connectivity index (χ1) is 7.70. The zero-order chi connectivity index (χ0) is 11.8. The molecular formula is C11H15N3OS. The minimum atomic E-state index is -0.143. The average Bonchev–Trinajstić information content (AvgIpc) is 2.29. The van der Waals surface area contributed by atoms with Gasteiger partial charge in [-0.2, -0.15) is 0 Å². The molecule has 1 aromatic heterocycles. The molecule has 16 heavy (non-hydrogen) atoms. The lowest BCUT2D eigenvalue weighted by molar-refractivity contribution is 0.0948. The molecule has 0 aromatic carbocycles. The fraction of sp³-hybridized carbons (Fsp3) is 0.364. The first kappa shape index (κ1) is 12.6. The number of rotatable bonds is 6. The predicted molar refractivity (Wildman–Crippen MR) is 67.2 cm³/mol. The van der Waals surface area contributed by atoms with Crippen molar-refractivity contribution in [1.82, 2.24) is 10.3 Å². The second-order valence-corrected chi connectivity index (χ2v) is 3.92. The number of nitrogens with two attached hydrogens (primary N) is 1. The Hall–Kier alpha value is -1.49. The van der Waals surface area contributed by atoms with Gasteiger partial charge in [0.1, 0.15) is 5.69 Å². The van der Waals surface area contributed by atoms with Crippen LogP contribution in [0.2, 0.25) is 0 Å². The molecule has 0 aliphatic rings. The fourth-order valence-electron chi connectivity index (χ4n) is 1.21. The smallest absolute Gasteiger partial charge is 0.269 e. The summed E-state index contributed by atoms with van der Waals surface area (Å²) in [5.74, 6) is -0.143. The Morgan fingerprint density at radius 2 is 2.25 bits per heavy atom. The van der Waals surface area contributed by atoms with Gasteiger partial charge < -0.3 is 11.1 Å². The van der Waals surface area contributed by atoms with Crippen LogP contribution >= 0.6 is 12.2 Å². The quantitative estimate of drug-likeness (QED) is 0.577. The Morgan fingerprint density at radius 1 is 1.44 bits per heavy atom. The van der Waals surface area contributed by atoms with Gasteiger partial charge in [0.25, 0.3) is 5.91 Å². The number of nitrogens with one attached hydrogen (secondary N) is 1. The van der Waals surface area contributed by atoms with Gasteiger partial charge in [0.2, 0.25) is 0 Å². The maximum absolute atomic E-state index is 11.5. The molecule has 0 saturated heterocycles. The molecule has 0 bridgehead atoms. The maximum Gasteiger partial charge on any atom is 0.269 e. The third kappa shape index (κ3) is 4.84. The zero-order valence-corrected chi connectivity index (χ0v) is 9.80. The van der Waals surface area contributed by atoms with Crippen LogP contribution in [0.15, 0.2) is 24.4 Å². The third-order valence-electron chi connectivity index (χ3n) is 2.03. The van der Waals surface area contributed by atoms with E-state index < -0.39 is 0 Å². The van der Waals surface area contributed by atoms with E-state index in [9.17, 15) is 4.79 Å². The first-order valence-corrected chi connectivity index (χ1v) is 5.58. The van der Waals surface area contributed by atoms with Crippen LogP contribution in [-0.4, -0.2) is 22.4 Å². The number of hydrogen-bond acceptors (Lipinski definition) is 3. The predicted octanol–water partition coefficient (Wildman–Crippen LogP) is 1.27. The largest absolute Gasteiger partial charge is 0.393 e. The van der Waals surface area contributed by atoms with E-state index in [-0.39, 0.29) is 5.91 Å². The van der Waals surface area contributed by atoms with Crippen LogP contribution in [0.4, 0.5) is 0 Å². The molecule has 0 radical (unpaired) electrons. The first-order valence-electron chi connectivity index (χ1n) is 5.17. The van der Waals surface area contributed by atoms with Crippen molar-refractivity contribution in [2.24, 2.45) is 5.73 Å². The topological polar surface area (TPSA) is 68.0 Å². The number of carbonyl (C=O) groups excluding carboxylic acids is 1. The molecule has 0 aliphatic carbocycles. The summed E-state index contributed by atoms with van der Waals surface area (Å²) in [6, 6.07) is 5.25. The molecule has 4 nitrogen and oxygen atoms in total. The van der Waals surface area contributed by atoms with Crippen molar-refractivity contribution in [3.05, 3.63) is 30.1 Å². The second kappa shape index (κ2) is 6.90. The Kier molecular flexibility index (Phi) is 5.42. The summed E-state index contributed by atoms with van der Waals surface area (Å²) in [6.07, 6.45) is 4.10. The van der Waals surface area contributed by atoms with Gasteiger partial charge in [-0.15, -0.1) is 0 Å². The Labute approximate surface area is 100 Å². The van der Waals surface area contributed by atoms with Gasteiger partial charge in [0, 0.05) is 12.7 Å². The summed E-state index contributed by atoms with van der Waals surface area (Å²) in [4.78, 5) is 16.0. The molecular weight excluding hydrogens is 222 g/mol. The van der Waals surface area contributed by atoms with E-state index in [1.54, 1.807) is 24.4 Å². The average molecular weight is 237 g/mol. The van der Waals surface area contributed by atoms with Crippen molar-refractivity contribution in [1.29, 1.82) is 0 Å². The Bertz CT molecular complexity index is 354. The zero-order valence-electron chi connectivity index (χ0n) is 8.98. The van der Waals surface area contributed by atoms with Gasteiger partial charge in [0.05, 0.1) is 4.99 Å². The summed E-state index contributed by atoms with van der Waals surface area (Å²) in [6.45, 7) is 0.623. The highest BCUT2D eigenvalue weighted by Gasteiger charge is 2.04. The number of carbonyl (C=O) groups is 1. The van der Waals surface area contributed by atoms with Crippen LogP contribution in [0.3, 0.4) is 0 Å². The van der Waals surface area contributed by atoms with Gasteiger partial charge in [-0.25, -0.2) is 0 Å². The molecule has 0 saturated carbocycles. The van der Waals surface area contributed by atoms with Crippen LogP contribution in [0.5, 0.6) is 0 Å². The fourth-order valence-corrected chi connectivity index (χ4v) is 1.36. The molecule has 0 aliphatic heterocycles. The molecule has 0 fully saturated rings. The van der Waals surface area contributed by atoms with Gasteiger partial charge in [-0.1, -0.05) is 18.3 Å². The van der Waals surface area contributed by atoms with Crippen molar-refractivity contribution in [2.75, 3.05) is 6.54 Å². The maximum atomic E-state index is 11.5. The normalized spacial score (nSPS) is 9.75. The lowest BCUT2D eigenvalue weighted by Gasteiger charge is -2.03. The number of hydrogen-bond donors (Lipinski definition) is 2. The van der Waals surface area contributed by atoms with Gasteiger partial charge in [-0.05, 0) is 31.4 Å². The standard InChI is InChI=1S/C11H15N3OS/c12-10(16)6-2-4-8-14-11(15)9-5-1-3-7-13-9/h1,3,5,7H,2,4,6,8H2,(H2,12,16)(H,14,15). The van der Waals surface area contributed by atoms with Crippen molar-refractivity contribution >= 4 is 23.1 Å². The molecule has 0 unspecified atom stereocenters. The minimum Gasteiger partial charge on any atom is -0.393 e. The van der Waals surface area contributed by atoms with Crippen molar-refractivity contribution in [2.45, 2.75) is 19.3 Å². The van der Waals surface area contributed by atoms with Crippen molar-refractivity contribution < 1.29 is 4.79 Å². The number of aromatic nitrogens is 1. The number of pyridine rings is 1. The Balaban J connectivity index is 2.19. The molecule has 1 amide bonds. The Morgan fingerprint density at radius 3 is 2.88 bits per heavy atom. The summed E-state index contributed by atoms with van der Waals surface area (Å²) in [5, 5.41) is 2.79. The molecule has 3 N–H and O–H groups in total. The van der Waals surface area contributed by atoms with Gasteiger partial charge >= 0.3 is 0 Å². The summed E-state index contributed by atoms with van der Waals surface area (Å²) in [5.41, 5.74) is 5.80.